The summed E-state index contributed by atoms with van der Waals surface area (Å²) in [7, 11) is 0. The number of hydrogen-bond donors (Lipinski definition) is 3. The van der Waals surface area contributed by atoms with Crippen LogP contribution < -0.4 is 5.32 Å². The van der Waals surface area contributed by atoms with Crippen molar-refractivity contribution in [3.05, 3.63) is 57.9 Å². The normalized spacial score (nSPS) is 21.6. The highest BCUT2D eigenvalue weighted by Gasteiger charge is 2.27. The summed E-state index contributed by atoms with van der Waals surface area (Å²) in [4.78, 5) is 23.6. The van der Waals surface area contributed by atoms with Crippen molar-refractivity contribution in [2.75, 3.05) is 13.2 Å². The zero-order chi connectivity index (χ0) is 22.0. The van der Waals surface area contributed by atoms with Crippen molar-refractivity contribution in [3.63, 3.8) is 0 Å². The van der Waals surface area contributed by atoms with Gasteiger partial charge in [0.05, 0.1) is 36.0 Å². The van der Waals surface area contributed by atoms with Gasteiger partial charge in [-0.25, -0.2) is 19.2 Å². The van der Waals surface area contributed by atoms with E-state index in [2.05, 4.69) is 10.3 Å². The number of aliphatic hydroxyl groups is 2. The molecule has 3 N–H and O–H groups in total. The van der Waals surface area contributed by atoms with Crippen LogP contribution in [-0.4, -0.2) is 50.4 Å². The Bertz CT molecular complexity index is 960. The van der Waals surface area contributed by atoms with Gasteiger partial charge in [0, 0.05) is 19.2 Å². The maximum atomic E-state index is 13.4. The van der Waals surface area contributed by atoms with E-state index in [1.807, 2.05) is 6.20 Å². The molecule has 0 bridgehead atoms. The molecule has 0 unspecified atom stereocenters. The van der Waals surface area contributed by atoms with E-state index >= 15 is 0 Å². The second kappa shape index (κ2) is 9.46. The van der Waals surface area contributed by atoms with E-state index in [0.717, 1.165) is 42.8 Å². The molecule has 1 aliphatic carbocycles. The monoisotopic (exact) mass is 448 g/mol. The van der Waals surface area contributed by atoms with E-state index in [0.29, 0.717) is 31.0 Å². The number of aliphatic hydroxyl groups excluding tert-OH is 2. The Labute approximate surface area is 185 Å². The molecule has 4 rings (SSSR count). The molecule has 2 aromatic rings. The van der Waals surface area contributed by atoms with Gasteiger partial charge in [0.1, 0.15) is 11.6 Å². The first kappa shape index (κ1) is 21.9. The average Bonchev–Trinajstić information content (AvgIpc) is 3.17. The molecule has 1 aromatic carbocycles. The van der Waals surface area contributed by atoms with Crippen LogP contribution in [0.4, 0.5) is 9.18 Å². The Morgan fingerprint density at radius 2 is 2.23 bits per heavy atom. The molecule has 3 atom stereocenters. The van der Waals surface area contributed by atoms with Crippen LogP contribution >= 0.6 is 11.6 Å². The number of halogens is 2. The minimum absolute atomic E-state index is 0.0592. The summed E-state index contributed by atoms with van der Waals surface area (Å²) in [6.07, 6.45) is 5.59. The summed E-state index contributed by atoms with van der Waals surface area (Å²) in [5.41, 5.74) is 2.39. The number of benzene rings is 1. The molecular formula is C22H26ClFN4O3. The summed E-state index contributed by atoms with van der Waals surface area (Å²) in [6, 6.07) is 3.09. The van der Waals surface area contributed by atoms with E-state index in [9.17, 15) is 19.4 Å². The first-order chi connectivity index (χ1) is 14.9. The Balaban J connectivity index is 1.41. The van der Waals surface area contributed by atoms with Gasteiger partial charge in [-0.2, -0.15) is 0 Å². The van der Waals surface area contributed by atoms with Crippen LogP contribution in [0, 0.1) is 11.7 Å². The molecule has 7 nitrogen and oxygen atoms in total. The fourth-order valence-electron chi connectivity index (χ4n) is 4.31. The highest BCUT2D eigenvalue weighted by Crippen LogP contribution is 2.28. The molecule has 9 heteroatoms. The van der Waals surface area contributed by atoms with E-state index in [4.69, 9.17) is 16.6 Å². The lowest BCUT2D eigenvalue weighted by atomic mass is 10.0. The second-order valence-electron chi connectivity index (χ2n) is 8.32. The van der Waals surface area contributed by atoms with Gasteiger partial charge in [-0.15, -0.1) is 0 Å². The lowest BCUT2D eigenvalue weighted by molar-refractivity contribution is 0.175. The largest absolute Gasteiger partial charge is 0.394 e. The molecule has 1 aliphatic heterocycles. The minimum atomic E-state index is -0.693. The summed E-state index contributed by atoms with van der Waals surface area (Å²) >= 11 is 5.83. The maximum Gasteiger partial charge on any atom is 0.318 e. The third-order valence-electron chi connectivity index (χ3n) is 6.09. The number of carbonyl (C=O) groups is 1. The predicted molar refractivity (Wildman–Crippen MR) is 113 cm³/mol. The summed E-state index contributed by atoms with van der Waals surface area (Å²) in [5.74, 6) is 0.585. The highest BCUT2D eigenvalue weighted by atomic mass is 35.5. The Morgan fingerprint density at radius 1 is 1.39 bits per heavy atom. The van der Waals surface area contributed by atoms with Gasteiger partial charge in [0.15, 0.2) is 0 Å². The van der Waals surface area contributed by atoms with Gasteiger partial charge >= 0.3 is 6.03 Å². The molecule has 1 fully saturated rings. The maximum absolute atomic E-state index is 13.4. The molecular weight excluding hydrogens is 423 g/mol. The number of aromatic nitrogens is 2. The van der Waals surface area contributed by atoms with Gasteiger partial charge in [0.2, 0.25) is 0 Å². The third kappa shape index (κ3) is 5.14. The zero-order valence-corrected chi connectivity index (χ0v) is 17.9. The molecule has 0 saturated heterocycles. The first-order valence-corrected chi connectivity index (χ1v) is 10.9. The van der Waals surface area contributed by atoms with Crippen molar-refractivity contribution in [1.29, 1.82) is 0 Å². The molecule has 0 radical (unpaired) electrons. The summed E-state index contributed by atoms with van der Waals surface area (Å²) in [6.45, 7) is 0.530. The predicted octanol–water partition coefficient (Wildman–Crippen LogP) is 2.77. The van der Waals surface area contributed by atoms with Gasteiger partial charge in [-0.05, 0) is 54.9 Å². The fourth-order valence-corrected chi connectivity index (χ4v) is 4.50. The topological polar surface area (TPSA) is 98.6 Å². The summed E-state index contributed by atoms with van der Waals surface area (Å²) < 4.78 is 13.4. The third-order valence-corrected chi connectivity index (χ3v) is 6.38. The number of rotatable bonds is 5. The van der Waals surface area contributed by atoms with E-state index in [-0.39, 0.29) is 23.8 Å². The molecule has 2 heterocycles. The van der Waals surface area contributed by atoms with Gasteiger partial charge < -0.3 is 20.4 Å². The lowest BCUT2D eigenvalue weighted by Crippen LogP contribution is -2.45. The van der Waals surface area contributed by atoms with Gasteiger partial charge in [-0.3, -0.25) is 0 Å². The van der Waals surface area contributed by atoms with Crippen LogP contribution in [-0.2, 0) is 19.4 Å². The van der Waals surface area contributed by atoms with Crippen LogP contribution in [0.25, 0.3) is 0 Å². The van der Waals surface area contributed by atoms with Gasteiger partial charge in [-0.1, -0.05) is 17.7 Å². The molecule has 166 valence electrons. The van der Waals surface area contributed by atoms with E-state index < -0.39 is 11.9 Å². The highest BCUT2D eigenvalue weighted by molar-refractivity contribution is 6.30. The van der Waals surface area contributed by atoms with Crippen molar-refractivity contribution in [2.45, 2.75) is 50.8 Å². The van der Waals surface area contributed by atoms with E-state index in [1.54, 1.807) is 4.90 Å². The Kier molecular flexibility index (Phi) is 6.69. The average molecular weight is 449 g/mol. The van der Waals surface area contributed by atoms with Crippen LogP contribution in [0.2, 0.25) is 5.02 Å². The fraction of sp³-hybridized carbons (Fsp3) is 0.500. The van der Waals surface area contributed by atoms with Crippen molar-refractivity contribution in [3.8, 4) is 0 Å². The number of urea groups is 1. The van der Waals surface area contributed by atoms with Crippen LogP contribution in [0.1, 0.15) is 47.9 Å². The number of nitrogens with one attached hydrogen (secondary N) is 1. The van der Waals surface area contributed by atoms with Crippen LogP contribution in [0.5, 0.6) is 0 Å². The first-order valence-electron chi connectivity index (χ1n) is 10.6. The Hall–Kier alpha value is -2.29. The molecule has 2 aliphatic rings. The van der Waals surface area contributed by atoms with E-state index in [1.165, 1.54) is 18.2 Å². The van der Waals surface area contributed by atoms with Crippen LogP contribution in [0.3, 0.4) is 0 Å². The minimum Gasteiger partial charge on any atom is -0.394 e. The van der Waals surface area contributed by atoms with Gasteiger partial charge in [0.25, 0.3) is 0 Å². The SMILES string of the molecule is O=C(N[C@H](CO)c1ccc(F)c(Cl)c1)N1CCc2cnc(C[C@H]3CC[C@H](O)C3)nc2C1. The quantitative estimate of drug-likeness (QED) is 0.653. The Morgan fingerprint density at radius 3 is 2.94 bits per heavy atom. The lowest BCUT2D eigenvalue weighted by Gasteiger charge is -2.30. The second-order valence-corrected chi connectivity index (χ2v) is 8.73. The number of fused-ring (bicyclic) bond motifs is 1. The number of hydrogen-bond acceptors (Lipinski definition) is 5. The van der Waals surface area contributed by atoms with Crippen molar-refractivity contribution in [2.24, 2.45) is 5.92 Å². The summed E-state index contributed by atoms with van der Waals surface area (Å²) in [5, 5.41) is 22.2. The number of nitrogens with zero attached hydrogens (tertiary/aromatic N) is 3. The smallest absolute Gasteiger partial charge is 0.318 e. The van der Waals surface area contributed by atoms with Crippen LogP contribution in [0.15, 0.2) is 24.4 Å². The molecule has 31 heavy (non-hydrogen) atoms. The van der Waals surface area contributed by atoms with Crippen molar-refractivity contribution >= 4 is 17.6 Å². The van der Waals surface area contributed by atoms with Crippen molar-refractivity contribution < 1.29 is 19.4 Å². The standard InChI is InChI=1S/C22H26ClFN4O3/c23-17-9-14(2-4-18(17)24)20(12-29)27-22(31)28-6-5-15-10-25-21(26-19(15)11-28)8-13-1-3-16(30)7-13/h2,4,9-10,13,16,20,29-30H,1,3,5-8,11-12H2,(H,27,31)/t13-,16-,20+/m0/s1. The molecule has 2 amide bonds. The molecule has 1 aromatic heterocycles. The molecule has 0 spiro atoms. The number of carbonyl (C=O) groups excluding carboxylic acids is 1. The van der Waals surface area contributed by atoms with Crippen molar-refractivity contribution in [1.82, 2.24) is 20.2 Å². The number of amides is 2. The zero-order valence-electron chi connectivity index (χ0n) is 17.1. The molecule has 1 saturated carbocycles.